The van der Waals surface area contributed by atoms with E-state index in [1.165, 1.54) is 13.8 Å². The van der Waals surface area contributed by atoms with E-state index in [1.54, 1.807) is 0 Å². The molecule has 6 N–H and O–H groups in total. The van der Waals surface area contributed by atoms with Crippen molar-refractivity contribution < 1.29 is 58.8 Å². The molecule has 41 heavy (non-hydrogen) atoms. The second-order valence-electron chi connectivity index (χ2n) is 11.0. The minimum absolute atomic E-state index is 0.144. The fraction of sp³-hybridized carbons (Fsp3) is 0.929. The molecule has 0 saturated carbocycles. The fourth-order valence-electron chi connectivity index (χ4n) is 5.87. The van der Waals surface area contributed by atoms with E-state index in [2.05, 4.69) is 5.32 Å². The van der Waals surface area contributed by atoms with Crippen molar-refractivity contribution in [3.05, 3.63) is 0 Å². The summed E-state index contributed by atoms with van der Waals surface area (Å²) in [7, 11) is 0. The first-order valence-electron chi connectivity index (χ1n) is 14.7. The monoisotopic (exact) mass is 593 g/mol. The summed E-state index contributed by atoms with van der Waals surface area (Å²) in [5.74, 6) is -2.68. The van der Waals surface area contributed by atoms with E-state index in [0.717, 1.165) is 0 Å². The van der Waals surface area contributed by atoms with Crippen LogP contribution in [0.25, 0.3) is 0 Å². The third-order valence-electron chi connectivity index (χ3n) is 8.08. The van der Waals surface area contributed by atoms with Gasteiger partial charge in [0.05, 0.1) is 37.1 Å². The lowest BCUT2D eigenvalue weighted by Gasteiger charge is -2.47. The molecule has 2 heterocycles. The third-order valence-corrected chi connectivity index (χ3v) is 8.08. The van der Waals surface area contributed by atoms with E-state index < -0.39 is 60.2 Å². The summed E-state index contributed by atoms with van der Waals surface area (Å²) in [6.07, 6.45) is -3.89. The summed E-state index contributed by atoms with van der Waals surface area (Å²) in [6, 6.07) is -0.471. The Morgan fingerprint density at radius 1 is 0.878 bits per heavy atom. The second-order valence-corrected chi connectivity index (χ2v) is 11.0. The molecule has 0 bridgehead atoms. The van der Waals surface area contributed by atoms with E-state index in [1.807, 2.05) is 13.8 Å². The van der Waals surface area contributed by atoms with Crippen LogP contribution >= 0.6 is 0 Å². The lowest BCUT2D eigenvalue weighted by atomic mass is 9.76. The summed E-state index contributed by atoms with van der Waals surface area (Å²) in [6.45, 7) is 8.26. The Labute approximate surface area is 242 Å². The Morgan fingerprint density at radius 3 is 2.10 bits per heavy atom. The van der Waals surface area contributed by atoms with Crippen LogP contribution in [0.3, 0.4) is 0 Å². The van der Waals surface area contributed by atoms with E-state index in [4.69, 9.17) is 23.7 Å². The van der Waals surface area contributed by atoms with Crippen molar-refractivity contribution >= 4 is 11.9 Å². The molecule has 10 atom stereocenters. The third kappa shape index (κ3) is 10.1. The maximum Gasteiger partial charge on any atom is 0.333 e. The molecule has 2 fully saturated rings. The highest BCUT2D eigenvalue weighted by atomic mass is 16.5. The number of carboxylic acids is 1. The van der Waals surface area contributed by atoms with Crippen LogP contribution in [0.15, 0.2) is 0 Å². The quantitative estimate of drug-likeness (QED) is 0.115. The largest absolute Gasteiger partial charge is 0.479 e. The molecule has 0 aromatic heterocycles. The molecule has 13 nitrogen and oxygen atoms in total. The van der Waals surface area contributed by atoms with E-state index in [-0.39, 0.29) is 44.5 Å². The summed E-state index contributed by atoms with van der Waals surface area (Å²) in [5, 5.41) is 55.1. The Balaban J connectivity index is 1.92. The maximum absolute atomic E-state index is 11.9. The molecule has 0 radical (unpaired) electrons. The van der Waals surface area contributed by atoms with Gasteiger partial charge >= 0.3 is 5.97 Å². The SMILES string of the molecule is CCOCCC1OC(CO)C(O)[C@H](CCCOCCC2OC(C(=O)O)C(CCOCC)C(O)C2(C)O)C1NC(C)=O. The topological polar surface area (TPSA) is 193 Å². The molecule has 13 heteroatoms. The molecule has 0 aromatic carbocycles. The van der Waals surface area contributed by atoms with Crippen LogP contribution in [0, 0.1) is 11.8 Å². The molecular weight excluding hydrogens is 542 g/mol. The van der Waals surface area contributed by atoms with Crippen LogP contribution in [0.1, 0.15) is 59.8 Å². The average molecular weight is 594 g/mol. The molecule has 1 amide bonds. The van der Waals surface area contributed by atoms with Crippen molar-refractivity contribution in [2.45, 2.75) is 108 Å². The van der Waals surface area contributed by atoms with E-state index in [9.17, 15) is 35.1 Å². The molecule has 9 unspecified atom stereocenters. The number of carboxylic acid groups (broad SMARTS) is 1. The Bertz CT molecular complexity index is 783. The maximum atomic E-state index is 11.9. The number of hydrogen-bond donors (Lipinski definition) is 6. The van der Waals surface area contributed by atoms with E-state index >= 15 is 0 Å². The fourth-order valence-corrected chi connectivity index (χ4v) is 5.87. The zero-order chi connectivity index (χ0) is 30.6. The number of carbonyl (C=O) groups excluding carboxylic acids is 1. The molecule has 2 rings (SSSR count). The minimum Gasteiger partial charge on any atom is -0.479 e. The smallest absolute Gasteiger partial charge is 0.333 e. The van der Waals surface area contributed by atoms with Crippen molar-refractivity contribution in [2.24, 2.45) is 11.8 Å². The summed E-state index contributed by atoms with van der Waals surface area (Å²) >= 11 is 0. The van der Waals surface area contributed by atoms with Crippen LogP contribution in [0.2, 0.25) is 0 Å². The van der Waals surface area contributed by atoms with Crippen LogP contribution < -0.4 is 5.32 Å². The average Bonchev–Trinajstić information content (AvgIpc) is 2.91. The highest BCUT2D eigenvalue weighted by Crippen LogP contribution is 2.37. The highest BCUT2D eigenvalue weighted by molar-refractivity contribution is 5.73. The van der Waals surface area contributed by atoms with Crippen LogP contribution in [-0.2, 0) is 33.3 Å². The van der Waals surface area contributed by atoms with Crippen molar-refractivity contribution in [2.75, 3.05) is 46.2 Å². The zero-order valence-corrected chi connectivity index (χ0v) is 24.8. The first-order chi connectivity index (χ1) is 19.5. The van der Waals surface area contributed by atoms with Crippen LogP contribution in [0.5, 0.6) is 0 Å². The molecular formula is C28H51NO12. The molecule has 0 aromatic rings. The molecule has 2 aliphatic rings. The summed E-state index contributed by atoms with van der Waals surface area (Å²) in [4.78, 5) is 23.8. The van der Waals surface area contributed by atoms with Gasteiger partial charge in [-0.1, -0.05) is 0 Å². The van der Waals surface area contributed by atoms with Gasteiger partial charge in [-0.05, 0) is 52.9 Å². The summed E-state index contributed by atoms with van der Waals surface area (Å²) in [5.41, 5.74) is -1.68. The normalized spacial score (nSPS) is 35.8. The number of aliphatic hydroxyl groups excluding tert-OH is 3. The molecule has 0 spiro atoms. The lowest BCUT2D eigenvalue weighted by Crippen LogP contribution is -2.63. The standard InChI is InChI=1S/C28H51NO12/c1-5-37-13-9-19-25(27(34)35)41-22(28(4,36)26(19)33)11-15-39-12-7-8-18-23(29-17(3)31)20(10-14-38-6-2)40-21(16-30)24(18)32/h18-26,30,32-33,36H,5-16H2,1-4H3,(H,29,31)(H,34,35)/t18-,19?,20?,21?,22?,23?,24?,25?,26?,28?/m1/s1. The molecule has 2 saturated heterocycles. The molecule has 0 aliphatic carbocycles. The highest BCUT2D eigenvalue weighted by Gasteiger charge is 2.53. The number of amides is 1. The Hall–Kier alpha value is -1.42. The minimum atomic E-state index is -1.68. The van der Waals surface area contributed by atoms with Crippen molar-refractivity contribution in [1.29, 1.82) is 0 Å². The number of nitrogens with one attached hydrogen (secondary N) is 1. The predicted molar refractivity (Wildman–Crippen MR) is 146 cm³/mol. The van der Waals surface area contributed by atoms with Gasteiger partial charge in [0.2, 0.25) is 5.91 Å². The van der Waals surface area contributed by atoms with Gasteiger partial charge in [0.1, 0.15) is 11.7 Å². The summed E-state index contributed by atoms with van der Waals surface area (Å²) < 4.78 is 28.2. The van der Waals surface area contributed by atoms with Gasteiger partial charge in [-0.15, -0.1) is 0 Å². The van der Waals surface area contributed by atoms with Gasteiger partial charge in [0.15, 0.2) is 6.10 Å². The molecule has 240 valence electrons. The van der Waals surface area contributed by atoms with Gasteiger partial charge in [-0.2, -0.15) is 0 Å². The number of ether oxygens (including phenoxy) is 5. The number of carbonyl (C=O) groups is 2. The zero-order valence-electron chi connectivity index (χ0n) is 24.8. The number of aliphatic hydroxyl groups is 4. The first kappa shape index (κ1) is 35.8. The first-order valence-corrected chi connectivity index (χ1v) is 14.7. The van der Waals surface area contributed by atoms with Crippen LogP contribution in [-0.4, -0.2) is 132 Å². The van der Waals surface area contributed by atoms with Crippen molar-refractivity contribution in [3.63, 3.8) is 0 Å². The van der Waals surface area contributed by atoms with Crippen LogP contribution in [0.4, 0.5) is 0 Å². The van der Waals surface area contributed by atoms with Crippen molar-refractivity contribution in [1.82, 2.24) is 5.32 Å². The van der Waals surface area contributed by atoms with E-state index in [0.29, 0.717) is 45.7 Å². The van der Waals surface area contributed by atoms with Gasteiger partial charge in [0.25, 0.3) is 0 Å². The van der Waals surface area contributed by atoms with Gasteiger partial charge in [0, 0.05) is 58.4 Å². The van der Waals surface area contributed by atoms with Gasteiger partial charge in [-0.25, -0.2) is 4.79 Å². The predicted octanol–water partition coefficient (Wildman–Crippen LogP) is -0.152. The number of rotatable bonds is 18. The van der Waals surface area contributed by atoms with Gasteiger partial charge < -0.3 is 54.5 Å². The van der Waals surface area contributed by atoms with Crippen molar-refractivity contribution in [3.8, 4) is 0 Å². The lowest BCUT2D eigenvalue weighted by molar-refractivity contribution is -0.253. The van der Waals surface area contributed by atoms with Gasteiger partial charge in [-0.3, -0.25) is 4.79 Å². The number of aliphatic carboxylic acids is 1. The Morgan fingerprint density at radius 2 is 1.51 bits per heavy atom. The molecule has 2 aliphatic heterocycles. The second kappa shape index (κ2) is 17.6. The number of hydrogen-bond acceptors (Lipinski definition) is 11. The Kier molecular flexibility index (Phi) is 15.4.